The zero-order chi connectivity index (χ0) is 12.7. The van der Waals surface area contributed by atoms with E-state index < -0.39 is 0 Å². The Morgan fingerprint density at radius 2 is 2.24 bits per heavy atom. The number of rotatable bonds is 6. The molecule has 4 heteroatoms. The third kappa shape index (κ3) is 4.88. The quantitative estimate of drug-likeness (QED) is 0.744. The van der Waals surface area contributed by atoms with Crippen molar-refractivity contribution >= 4 is 17.7 Å². The van der Waals surface area contributed by atoms with E-state index in [1.54, 1.807) is 0 Å². The molecule has 0 aliphatic heterocycles. The molecule has 100 valence electrons. The first-order valence-corrected chi connectivity index (χ1v) is 7.61. The lowest BCUT2D eigenvalue weighted by atomic mass is 9.84. The van der Waals surface area contributed by atoms with Crippen LogP contribution in [0.15, 0.2) is 0 Å². The monoisotopic (exact) mass is 259 g/mol. The van der Waals surface area contributed by atoms with E-state index in [0.29, 0.717) is 17.7 Å². The summed E-state index contributed by atoms with van der Waals surface area (Å²) in [5.74, 6) is 1.66. The standard InChI is InChI=1S/C13H25NO2S/c1-4-10-5-6-11(14-2)12(9-10)17-8-7-13(15)16-3/h10-12,14H,4-9H2,1-3H3. The average Bonchev–Trinajstić information content (AvgIpc) is 2.38. The number of methoxy groups -OCH3 is 1. The van der Waals surface area contributed by atoms with E-state index in [-0.39, 0.29) is 5.97 Å². The number of carbonyl (C=O) groups excluding carboxylic acids is 1. The van der Waals surface area contributed by atoms with Gasteiger partial charge in [-0.25, -0.2) is 0 Å². The van der Waals surface area contributed by atoms with E-state index in [9.17, 15) is 4.79 Å². The number of nitrogens with one attached hydrogen (secondary N) is 1. The molecule has 0 spiro atoms. The normalized spacial score (nSPS) is 29.0. The molecule has 1 rings (SSSR count). The first-order valence-electron chi connectivity index (χ1n) is 6.56. The molecule has 3 atom stereocenters. The topological polar surface area (TPSA) is 38.3 Å². The summed E-state index contributed by atoms with van der Waals surface area (Å²) in [5.41, 5.74) is 0. The van der Waals surface area contributed by atoms with Crippen molar-refractivity contribution in [3.05, 3.63) is 0 Å². The lowest BCUT2D eigenvalue weighted by molar-refractivity contribution is -0.140. The molecule has 0 heterocycles. The van der Waals surface area contributed by atoms with Gasteiger partial charge >= 0.3 is 5.97 Å². The van der Waals surface area contributed by atoms with Crippen LogP contribution in [0.2, 0.25) is 0 Å². The maximum Gasteiger partial charge on any atom is 0.306 e. The number of hydrogen-bond donors (Lipinski definition) is 1. The van der Waals surface area contributed by atoms with Crippen LogP contribution >= 0.6 is 11.8 Å². The van der Waals surface area contributed by atoms with Crippen LogP contribution < -0.4 is 5.32 Å². The predicted molar refractivity (Wildman–Crippen MR) is 73.4 cm³/mol. The van der Waals surface area contributed by atoms with Gasteiger partial charge < -0.3 is 10.1 Å². The van der Waals surface area contributed by atoms with Crippen molar-refractivity contribution in [1.29, 1.82) is 0 Å². The van der Waals surface area contributed by atoms with Gasteiger partial charge in [-0.15, -0.1) is 0 Å². The smallest absolute Gasteiger partial charge is 0.306 e. The highest BCUT2D eigenvalue weighted by molar-refractivity contribution is 7.99. The summed E-state index contributed by atoms with van der Waals surface area (Å²) in [4.78, 5) is 11.1. The van der Waals surface area contributed by atoms with Gasteiger partial charge in [-0.1, -0.05) is 13.3 Å². The second-order valence-corrected chi connectivity index (χ2v) is 6.06. The highest BCUT2D eigenvalue weighted by atomic mass is 32.2. The first kappa shape index (κ1) is 14.8. The second-order valence-electron chi connectivity index (χ2n) is 4.72. The van der Waals surface area contributed by atoms with Crippen LogP contribution in [-0.2, 0) is 9.53 Å². The zero-order valence-corrected chi connectivity index (χ0v) is 12.0. The van der Waals surface area contributed by atoms with E-state index >= 15 is 0 Å². The maximum absolute atomic E-state index is 11.1. The maximum atomic E-state index is 11.1. The second kappa shape index (κ2) is 7.98. The molecule has 0 saturated heterocycles. The van der Waals surface area contributed by atoms with Gasteiger partial charge in [-0.3, -0.25) is 4.79 Å². The highest BCUT2D eigenvalue weighted by Gasteiger charge is 2.28. The highest BCUT2D eigenvalue weighted by Crippen LogP contribution is 2.34. The van der Waals surface area contributed by atoms with Crippen LogP contribution in [0.5, 0.6) is 0 Å². The molecule has 1 saturated carbocycles. The van der Waals surface area contributed by atoms with Crippen LogP contribution in [0.1, 0.15) is 39.0 Å². The Balaban J connectivity index is 2.33. The number of ether oxygens (including phenoxy) is 1. The van der Waals surface area contributed by atoms with Crippen molar-refractivity contribution in [2.24, 2.45) is 5.92 Å². The molecule has 0 aromatic rings. The summed E-state index contributed by atoms with van der Waals surface area (Å²) in [6.45, 7) is 2.28. The Hall–Kier alpha value is -0.220. The Morgan fingerprint density at radius 1 is 1.47 bits per heavy atom. The van der Waals surface area contributed by atoms with E-state index in [4.69, 9.17) is 0 Å². The lowest BCUT2D eigenvalue weighted by Crippen LogP contribution is -2.40. The molecule has 0 amide bonds. The van der Waals surface area contributed by atoms with Gasteiger partial charge in [0.15, 0.2) is 0 Å². The fraction of sp³-hybridized carbons (Fsp3) is 0.923. The van der Waals surface area contributed by atoms with Gasteiger partial charge in [0.25, 0.3) is 0 Å². The fourth-order valence-corrected chi connectivity index (χ4v) is 3.99. The minimum absolute atomic E-state index is 0.0960. The Kier molecular flexibility index (Phi) is 6.97. The molecule has 3 unspecified atom stereocenters. The number of hydrogen-bond acceptors (Lipinski definition) is 4. The third-order valence-electron chi connectivity index (χ3n) is 3.71. The molecule has 0 aromatic carbocycles. The SMILES string of the molecule is CCC1CCC(NC)C(SCCC(=O)OC)C1. The molecule has 17 heavy (non-hydrogen) atoms. The molecule has 1 fully saturated rings. The summed E-state index contributed by atoms with van der Waals surface area (Å²) < 4.78 is 4.67. The van der Waals surface area contributed by atoms with Crippen LogP contribution in [0.25, 0.3) is 0 Å². The van der Waals surface area contributed by atoms with Crippen LogP contribution in [0.4, 0.5) is 0 Å². The number of carbonyl (C=O) groups is 1. The van der Waals surface area contributed by atoms with Crippen molar-refractivity contribution in [3.63, 3.8) is 0 Å². The largest absolute Gasteiger partial charge is 0.469 e. The minimum atomic E-state index is -0.0960. The molecule has 3 nitrogen and oxygen atoms in total. The number of thioether (sulfide) groups is 1. The molecule has 1 N–H and O–H groups in total. The van der Waals surface area contributed by atoms with Crippen molar-refractivity contribution in [1.82, 2.24) is 5.32 Å². The predicted octanol–water partition coefficient (Wildman–Crippen LogP) is 2.45. The molecule has 0 radical (unpaired) electrons. The Labute approximate surface area is 109 Å². The summed E-state index contributed by atoms with van der Waals surface area (Å²) in [6, 6.07) is 0.612. The van der Waals surface area contributed by atoms with E-state index in [1.165, 1.54) is 32.8 Å². The van der Waals surface area contributed by atoms with Crippen molar-refractivity contribution < 1.29 is 9.53 Å². The summed E-state index contributed by atoms with van der Waals surface area (Å²) in [7, 11) is 3.50. The van der Waals surface area contributed by atoms with Gasteiger partial charge in [0, 0.05) is 17.0 Å². The average molecular weight is 259 g/mol. The molecular formula is C13H25NO2S. The number of esters is 1. The molecule has 1 aliphatic carbocycles. The molecular weight excluding hydrogens is 234 g/mol. The lowest BCUT2D eigenvalue weighted by Gasteiger charge is -2.35. The van der Waals surface area contributed by atoms with Gasteiger partial charge in [-0.2, -0.15) is 11.8 Å². The van der Waals surface area contributed by atoms with Gasteiger partial charge in [0.05, 0.1) is 13.5 Å². The molecule has 0 aromatic heterocycles. The van der Waals surface area contributed by atoms with Crippen molar-refractivity contribution in [2.45, 2.75) is 50.3 Å². The Bertz CT molecular complexity index is 235. The van der Waals surface area contributed by atoms with Crippen LogP contribution in [0.3, 0.4) is 0 Å². The van der Waals surface area contributed by atoms with E-state index in [1.807, 2.05) is 18.8 Å². The fourth-order valence-electron chi connectivity index (χ4n) is 2.49. The Morgan fingerprint density at radius 3 is 2.82 bits per heavy atom. The summed E-state index contributed by atoms with van der Waals surface area (Å²) in [6.07, 6.45) is 5.71. The van der Waals surface area contributed by atoms with Gasteiger partial charge in [-0.05, 0) is 32.2 Å². The van der Waals surface area contributed by atoms with Crippen LogP contribution in [0, 0.1) is 5.92 Å². The van der Waals surface area contributed by atoms with E-state index in [2.05, 4.69) is 17.0 Å². The molecule has 0 bridgehead atoms. The van der Waals surface area contributed by atoms with Crippen LogP contribution in [-0.4, -0.2) is 37.2 Å². The molecule has 1 aliphatic rings. The van der Waals surface area contributed by atoms with E-state index in [0.717, 1.165) is 11.7 Å². The summed E-state index contributed by atoms with van der Waals surface area (Å²) in [5, 5.41) is 4.07. The minimum Gasteiger partial charge on any atom is -0.469 e. The van der Waals surface area contributed by atoms with Crippen molar-refractivity contribution in [3.8, 4) is 0 Å². The zero-order valence-electron chi connectivity index (χ0n) is 11.2. The first-order chi connectivity index (χ1) is 8.21. The summed E-state index contributed by atoms with van der Waals surface area (Å²) >= 11 is 1.93. The van der Waals surface area contributed by atoms with Gasteiger partial charge in [0.2, 0.25) is 0 Å². The third-order valence-corrected chi connectivity index (χ3v) is 5.10. The van der Waals surface area contributed by atoms with Crippen molar-refractivity contribution in [2.75, 3.05) is 19.9 Å². The van der Waals surface area contributed by atoms with Gasteiger partial charge in [0.1, 0.15) is 0 Å².